The zero-order valence-electron chi connectivity index (χ0n) is 9.95. The van der Waals surface area contributed by atoms with Gasteiger partial charge in [0.05, 0.1) is 11.6 Å². The first-order valence-corrected chi connectivity index (χ1v) is 7.81. The number of halogens is 2. The highest BCUT2D eigenvalue weighted by Crippen LogP contribution is 2.36. The standard InChI is InChI=1S/C11H15Cl2NO3S/c1-2-3-4-7-17-8-5-6-9(18(14,15)16)11(13)10(8)12/h5-6H,2-4,7H2,1H3,(H2,14,15,16). The van der Waals surface area contributed by atoms with E-state index in [-0.39, 0.29) is 14.9 Å². The van der Waals surface area contributed by atoms with Gasteiger partial charge in [0, 0.05) is 0 Å². The molecule has 0 radical (unpaired) electrons. The Balaban J connectivity index is 2.88. The van der Waals surface area contributed by atoms with Crippen molar-refractivity contribution in [2.75, 3.05) is 6.61 Å². The lowest BCUT2D eigenvalue weighted by Crippen LogP contribution is -2.13. The molecule has 0 aromatic heterocycles. The van der Waals surface area contributed by atoms with E-state index < -0.39 is 10.0 Å². The molecular formula is C11H15Cl2NO3S. The minimum Gasteiger partial charge on any atom is -0.492 e. The van der Waals surface area contributed by atoms with Crippen molar-refractivity contribution < 1.29 is 13.2 Å². The van der Waals surface area contributed by atoms with Crippen LogP contribution in [0.15, 0.2) is 17.0 Å². The summed E-state index contributed by atoms with van der Waals surface area (Å²) >= 11 is 11.8. The number of primary sulfonamides is 1. The van der Waals surface area contributed by atoms with E-state index in [9.17, 15) is 8.42 Å². The van der Waals surface area contributed by atoms with Gasteiger partial charge in [-0.05, 0) is 18.6 Å². The Hall–Kier alpha value is -0.490. The molecule has 102 valence electrons. The number of ether oxygens (including phenoxy) is 1. The first-order valence-electron chi connectivity index (χ1n) is 5.51. The van der Waals surface area contributed by atoms with Crippen LogP contribution in [0.5, 0.6) is 5.75 Å². The molecule has 0 fully saturated rings. The molecule has 0 aliphatic heterocycles. The van der Waals surface area contributed by atoms with E-state index in [1.807, 2.05) is 0 Å². The summed E-state index contributed by atoms with van der Waals surface area (Å²) in [6.45, 7) is 2.60. The number of hydrogen-bond acceptors (Lipinski definition) is 3. The predicted octanol–water partition coefficient (Wildman–Crippen LogP) is 3.21. The van der Waals surface area contributed by atoms with Crippen LogP contribution in [0.4, 0.5) is 0 Å². The maximum absolute atomic E-state index is 11.2. The lowest BCUT2D eigenvalue weighted by atomic mass is 10.3. The van der Waals surface area contributed by atoms with Crippen molar-refractivity contribution in [3.05, 3.63) is 22.2 Å². The summed E-state index contributed by atoms with van der Waals surface area (Å²) < 4.78 is 27.9. The van der Waals surface area contributed by atoms with Crippen LogP contribution < -0.4 is 9.88 Å². The fraction of sp³-hybridized carbons (Fsp3) is 0.455. The van der Waals surface area contributed by atoms with E-state index >= 15 is 0 Å². The quantitative estimate of drug-likeness (QED) is 0.820. The lowest BCUT2D eigenvalue weighted by Gasteiger charge is -2.10. The Morgan fingerprint density at radius 3 is 2.44 bits per heavy atom. The summed E-state index contributed by atoms with van der Waals surface area (Å²) in [6.07, 6.45) is 3.05. The van der Waals surface area contributed by atoms with Gasteiger partial charge >= 0.3 is 0 Å². The van der Waals surface area contributed by atoms with Gasteiger partial charge in [0.1, 0.15) is 15.7 Å². The monoisotopic (exact) mass is 311 g/mol. The number of nitrogens with two attached hydrogens (primary N) is 1. The molecule has 18 heavy (non-hydrogen) atoms. The predicted molar refractivity (Wildman–Crippen MR) is 72.9 cm³/mol. The first kappa shape index (κ1) is 15.6. The molecule has 0 amide bonds. The third kappa shape index (κ3) is 4.02. The Morgan fingerprint density at radius 1 is 1.22 bits per heavy atom. The van der Waals surface area contributed by atoms with E-state index in [1.165, 1.54) is 12.1 Å². The van der Waals surface area contributed by atoms with Crippen molar-refractivity contribution in [3.63, 3.8) is 0 Å². The fourth-order valence-corrected chi connectivity index (χ4v) is 2.74. The zero-order valence-corrected chi connectivity index (χ0v) is 12.3. The molecule has 0 saturated heterocycles. The highest BCUT2D eigenvalue weighted by atomic mass is 35.5. The van der Waals surface area contributed by atoms with Gasteiger partial charge in [-0.3, -0.25) is 0 Å². The van der Waals surface area contributed by atoms with Crippen LogP contribution in [0.3, 0.4) is 0 Å². The molecule has 0 atom stereocenters. The Kier molecular flexibility index (Phi) is 5.72. The molecular weight excluding hydrogens is 297 g/mol. The summed E-state index contributed by atoms with van der Waals surface area (Å²) in [5.74, 6) is 0.366. The normalized spacial score (nSPS) is 11.6. The fourth-order valence-electron chi connectivity index (χ4n) is 1.38. The molecule has 0 heterocycles. The maximum atomic E-state index is 11.2. The van der Waals surface area contributed by atoms with Crippen LogP contribution in [-0.4, -0.2) is 15.0 Å². The smallest absolute Gasteiger partial charge is 0.239 e. The van der Waals surface area contributed by atoms with Crippen LogP contribution in [0.1, 0.15) is 26.2 Å². The topological polar surface area (TPSA) is 69.4 Å². The van der Waals surface area contributed by atoms with Crippen molar-refractivity contribution >= 4 is 33.2 Å². The zero-order chi connectivity index (χ0) is 13.8. The van der Waals surface area contributed by atoms with Crippen LogP contribution in [-0.2, 0) is 10.0 Å². The summed E-state index contributed by atoms with van der Waals surface area (Å²) in [7, 11) is -3.87. The SMILES string of the molecule is CCCCCOc1ccc(S(N)(=O)=O)c(Cl)c1Cl. The average Bonchev–Trinajstić information content (AvgIpc) is 2.28. The van der Waals surface area contributed by atoms with E-state index in [4.69, 9.17) is 33.1 Å². The molecule has 1 rings (SSSR count). The third-order valence-corrected chi connectivity index (χ3v) is 4.25. The maximum Gasteiger partial charge on any atom is 0.239 e. The van der Waals surface area contributed by atoms with Gasteiger partial charge in [0.2, 0.25) is 10.0 Å². The lowest BCUT2D eigenvalue weighted by molar-refractivity contribution is 0.306. The van der Waals surface area contributed by atoms with Gasteiger partial charge in [-0.1, -0.05) is 43.0 Å². The van der Waals surface area contributed by atoms with E-state index in [0.29, 0.717) is 12.4 Å². The molecule has 2 N–H and O–H groups in total. The molecule has 0 aliphatic carbocycles. The molecule has 0 spiro atoms. The molecule has 1 aromatic rings. The van der Waals surface area contributed by atoms with Crippen LogP contribution in [0.2, 0.25) is 10.0 Å². The van der Waals surface area contributed by atoms with Crippen LogP contribution in [0.25, 0.3) is 0 Å². The molecule has 0 aliphatic rings. The molecule has 4 nitrogen and oxygen atoms in total. The second kappa shape index (κ2) is 6.61. The summed E-state index contributed by atoms with van der Waals surface area (Å²) in [5.41, 5.74) is 0. The molecule has 1 aromatic carbocycles. The number of benzene rings is 1. The largest absolute Gasteiger partial charge is 0.492 e. The Morgan fingerprint density at radius 2 is 1.89 bits per heavy atom. The first-order chi connectivity index (χ1) is 8.38. The van der Waals surface area contributed by atoms with Gasteiger partial charge in [0.25, 0.3) is 0 Å². The second-order valence-corrected chi connectivity index (χ2v) is 6.08. The van der Waals surface area contributed by atoms with Gasteiger partial charge in [-0.2, -0.15) is 0 Å². The number of hydrogen-bond donors (Lipinski definition) is 1. The molecule has 7 heteroatoms. The molecule has 0 bridgehead atoms. The number of unbranched alkanes of at least 4 members (excludes halogenated alkanes) is 2. The Labute approximate surface area is 117 Å². The van der Waals surface area contributed by atoms with E-state index in [2.05, 4.69) is 6.92 Å². The molecule has 0 unspecified atom stereocenters. The van der Waals surface area contributed by atoms with Crippen LogP contribution in [0, 0.1) is 0 Å². The minimum atomic E-state index is -3.87. The van der Waals surface area contributed by atoms with Crippen molar-refractivity contribution in [1.82, 2.24) is 0 Å². The van der Waals surface area contributed by atoms with Gasteiger partial charge in [-0.25, -0.2) is 13.6 Å². The highest BCUT2D eigenvalue weighted by Gasteiger charge is 2.18. The van der Waals surface area contributed by atoms with Gasteiger partial charge in [0.15, 0.2) is 0 Å². The van der Waals surface area contributed by atoms with Crippen LogP contribution >= 0.6 is 23.2 Å². The van der Waals surface area contributed by atoms with Crippen molar-refractivity contribution in [1.29, 1.82) is 0 Å². The summed E-state index contributed by atoms with van der Waals surface area (Å²) in [5, 5.41) is 4.97. The third-order valence-electron chi connectivity index (χ3n) is 2.32. The second-order valence-electron chi connectivity index (χ2n) is 3.79. The van der Waals surface area contributed by atoms with Crippen molar-refractivity contribution in [2.45, 2.75) is 31.1 Å². The van der Waals surface area contributed by atoms with E-state index in [0.717, 1.165) is 19.3 Å². The molecule has 0 saturated carbocycles. The van der Waals surface area contributed by atoms with Gasteiger partial charge < -0.3 is 4.74 Å². The average molecular weight is 312 g/mol. The summed E-state index contributed by atoms with van der Waals surface area (Å²) in [6, 6.07) is 2.75. The Bertz CT molecular complexity index is 517. The van der Waals surface area contributed by atoms with Crippen molar-refractivity contribution in [2.24, 2.45) is 5.14 Å². The van der Waals surface area contributed by atoms with Gasteiger partial charge in [-0.15, -0.1) is 0 Å². The van der Waals surface area contributed by atoms with Crippen molar-refractivity contribution in [3.8, 4) is 5.75 Å². The number of sulfonamides is 1. The highest BCUT2D eigenvalue weighted by molar-refractivity contribution is 7.89. The summed E-state index contributed by atoms with van der Waals surface area (Å²) in [4.78, 5) is -0.199. The van der Waals surface area contributed by atoms with E-state index in [1.54, 1.807) is 0 Å². The minimum absolute atomic E-state index is 0.0692. The number of rotatable bonds is 6.